The summed E-state index contributed by atoms with van der Waals surface area (Å²) in [6.45, 7) is 2.09. The molecule has 0 aliphatic heterocycles. The van der Waals surface area contributed by atoms with Gasteiger partial charge in [0.15, 0.2) is 5.65 Å². The minimum absolute atomic E-state index is 0.649. The van der Waals surface area contributed by atoms with Crippen LogP contribution in [-0.2, 0) is 0 Å². The van der Waals surface area contributed by atoms with Crippen LogP contribution >= 0.6 is 11.8 Å². The Balaban J connectivity index is 2.30. The number of hydrogen-bond donors (Lipinski definition) is 0. The molecule has 4 heteroatoms. The molecule has 4 aromatic rings. The Morgan fingerprint density at radius 3 is 2.46 bits per heavy atom. The largest absolute Gasteiger partial charge is 0.291 e. The van der Waals surface area contributed by atoms with Crippen LogP contribution < -0.4 is 0 Å². The van der Waals surface area contributed by atoms with Crippen molar-refractivity contribution in [2.45, 2.75) is 11.8 Å². The van der Waals surface area contributed by atoms with E-state index in [0.717, 1.165) is 38.4 Å². The summed E-state index contributed by atoms with van der Waals surface area (Å²) in [5, 5.41) is 9.74. The standard InChI is InChI=1S/C20H15N3S/c1-13-18(14-8-4-3-5-9-14)23-17-11-7-6-10-16(17)22-20(23)15(12-21)19(13)24-2/h3-11H,1-2H3. The molecule has 0 aliphatic rings. The summed E-state index contributed by atoms with van der Waals surface area (Å²) in [7, 11) is 0. The molecule has 0 bridgehead atoms. The molecule has 0 saturated heterocycles. The SMILES string of the molecule is CSc1c(C)c(-c2ccccc2)n2c(nc3ccccc32)c1C#N. The van der Waals surface area contributed by atoms with E-state index in [-0.39, 0.29) is 0 Å². The van der Waals surface area contributed by atoms with Gasteiger partial charge in [-0.2, -0.15) is 5.26 Å². The lowest BCUT2D eigenvalue weighted by molar-refractivity contribution is 1.13. The van der Waals surface area contributed by atoms with Crippen LogP contribution in [0.5, 0.6) is 0 Å². The molecule has 0 saturated carbocycles. The zero-order chi connectivity index (χ0) is 16.7. The lowest BCUT2D eigenvalue weighted by atomic mass is 10.0. The van der Waals surface area contributed by atoms with E-state index < -0.39 is 0 Å². The lowest BCUT2D eigenvalue weighted by Gasteiger charge is -2.15. The highest BCUT2D eigenvalue weighted by Crippen LogP contribution is 2.37. The molecular formula is C20H15N3S. The molecule has 0 unspecified atom stereocenters. The summed E-state index contributed by atoms with van der Waals surface area (Å²) >= 11 is 1.60. The zero-order valence-electron chi connectivity index (χ0n) is 13.4. The van der Waals surface area contributed by atoms with Gasteiger partial charge in [0.05, 0.1) is 16.7 Å². The van der Waals surface area contributed by atoms with E-state index in [1.165, 1.54) is 0 Å². The second-order valence-electron chi connectivity index (χ2n) is 5.62. The van der Waals surface area contributed by atoms with Gasteiger partial charge in [-0.3, -0.25) is 4.40 Å². The Labute approximate surface area is 144 Å². The molecule has 2 aromatic heterocycles. The molecule has 2 heterocycles. The number of nitrogens with zero attached hydrogens (tertiary/aromatic N) is 3. The third-order valence-corrected chi connectivity index (χ3v) is 5.21. The monoisotopic (exact) mass is 329 g/mol. The van der Waals surface area contributed by atoms with Crippen molar-refractivity contribution in [1.29, 1.82) is 5.26 Å². The quantitative estimate of drug-likeness (QED) is 0.483. The predicted octanol–water partition coefficient (Wildman–Crippen LogP) is 5.06. The summed E-state index contributed by atoms with van der Waals surface area (Å²) < 4.78 is 2.12. The van der Waals surface area contributed by atoms with Gasteiger partial charge in [-0.05, 0) is 36.4 Å². The Bertz CT molecular complexity index is 1100. The second kappa shape index (κ2) is 5.70. The maximum absolute atomic E-state index is 9.74. The van der Waals surface area contributed by atoms with E-state index in [4.69, 9.17) is 4.98 Å². The molecule has 0 fully saturated rings. The van der Waals surface area contributed by atoms with E-state index in [2.05, 4.69) is 35.6 Å². The number of fused-ring (bicyclic) bond motifs is 3. The van der Waals surface area contributed by atoms with Crippen LogP contribution in [0.2, 0.25) is 0 Å². The number of hydrogen-bond acceptors (Lipinski definition) is 3. The van der Waals surface area contributed by atoms with Gasteiger partial charge >= 0.3 is 0 Å². The average Bonchev–Trinajstić information content (AvgIpc) is 3.00. The number of rotatable bonds is 2. The molecule has 116 valence electrons. The van der Waals surface area contributed by atoms with Crippen molar-refractivity contribution >= 4 is 28.4 Å². The lowest BCUT2D eigenvalue weighted by Crippen LogP contribution is -2.01. The van der Waals surface area contributed by atoms with Crippen molar-refractivity contribution < 1.29 is 0 Å². The first-order valence-electron chi connectivity index (χ1n) is 7.69. The highest BCUT2D eigenvalue weighted by molar-refractivity contribution is 7.98. The van der Waals surface area contributed by atoms with Crippen LogP contribution in [0.1, 0.15) is 11.1 Å². The first-order chi connectivity index (χ1) is 11.8. The van der Waals surface area contributed by atoms with Gasteiger partial charge in [0.25, 0.3) is 0 Å². The molecular weight excluding hydrogens is 314 g/mol. The average molecular weight is 329 g/mol. The van der Waals surface area contributed by atoms with Crippen molar-refractivity contribution in [3.8, 4) is 17.3 Å². The maximum Gasteiger partial charge on any atom is 0.157 e. The Morgan fingerprint density at radius 2 is 1.75 bits per heavy atom. The molecule has 0 N–H and O–H groups in total. The van der Waals surface area contributed by atoms with Crippen LogP contribution in [0.15, 0.2) is 59.5 Å². The molecule has 2 aromatic carbocycles. The summed E-state index contributed by atoms with van der Waals surface area (Å²) in [6, 6.07) is 20.7. The maximum atomic E-state index is 9.74. The van der Waals surface area contributed by atoms with E-state index in [0.29, 0.717) is 5.56 Å². The van der Waals surface area contributed by atoms with Crippen LogP contribution in [0.4, 0.5) is 0 Å². The molecule has 0 aliphatic carbocycles. The van der Waals surface area contributed by atoms with E-state index in [9.17, 15) is 5.26 Å². The smallest absolute Gasteiger partial charge is 0.157 e. The zero-order valence-corrected chi connectivity index (χ0v) is 14.3. The highest BCUT2D eigenvalue weighted by atomic mass is 32.2. The van der Waals surface area contributed by atoms with Gasteiger partial charge in [-0.15, -0.1) is 11.8 Å². The van der Waals surface area contributed by atoms with Crippen molar-refractivity contribution in [1.82, 2.24) is 9.38 Å². The minimum Gasteiger partial charge on any atom is -0.291 e. The highest BCUT2D eigenvalue weighted by Gasteiger charge is 2.20. The first-order valence-corrected chi connectivity index (χ1v) is 8.92. The second-order valence-corrected chi connectivity index (χ2v) is 6.44. The van der Waals surface area contributed by atoms with Crippen molar-refractivity contribution in [3.05, 3.63) is 65.7 Å². The third kappa shape index (κ3) is 2.02. The summed E-state index contributed by atoms with van der Waals surface area (Å²) in [5.41, 5.74) is 6.65. The number of para-hydroxylation sites is 2. The van der Waals surface area contributed by atoms with Gasteiger partial charge in [0.1, 0.15) is 11.6 Å². The third-order valence-electron chi connectivity index (χ3n) is 4.29. The Hall–Kier alpha value is -2.77. The molecule has 0 spiro atoms. The number of thioether (sulfide) groups is 1. The number of pyridine rings is 1. The Morgan fingerprint density at radius 1 is 1.04 bits per heavy atom. The van der Waals surface area contributed by atoms with Crippen LogP contribution in [0, 0.1) is 18.3 Å². The number of aromatic nitrogens is 2. The fourth-order valence-electron chi connectivity index (χ4n) is 3.28. The molecule has 0 radical (unpaired) electrons. The summed E-state index contributed by atoms with van der Waals surface area (Å²) in [4.78, 5) is 5.75. The van der Waals surface area contributed by atoms with Crippen molar-refractivity contribution in [2.24, 2.45) is 0 Å². The van der Waals surface area contributed by atoms with Gasteiger partial charge in [-0.25, -0.2) is 4.98 Å². The fraction of sp³-hybridized carbons (Fsp3) is 0.100. The van der Waals surface area contributed by atoms with Crippen molar-refractivity contribution in [3.63, 3.8) is 0 Å². The fourth-order valence-corrected chi connectivity index (χ4v) is 4.03. The molecule has 0 atom stereocenters. The Kier molecular flexibility index (Phi) is 3.51. The topological polar surface area (TPSA) is 41.1 Å². The van der Waals surface area contributed by atoms with Gasteiger partial charge < -0.3 is 0 Å². The van der Waals surface area contributed by atoms with E-state index in [1.807, 2.05) is 42.7 Å². The van der Waals surface area contributed by atoms with E-state index in [1.54, 1.807) is 11.8 Å². The molecule has 4 rings (SSSR count). The van der Waals surface area contributed by atoms with Crippen LogP contribution in [-0.4, -0.2) is 15.6 Å². The summed E-state index contributed by atoms with van der Waals surface area (Å²) in [6.07, 6.45) is 2.01. The van der Waals surface area contributed by atoms with Crippen LogP contribution in [0.25, 0.3) is 27.9 Å². The normalized spacial score (nSPS) is 11.0. The number of benzene rings is 2. The van der Waals surface area contributed by atoms with Crippen molar-refractivity contribution in [2.75, 3.05) is 6.26 Å². The van der Waals surface area contributed by atoms with Gasteiger partial charge in [0, 0.05) is 4.90 Å². The minimum atomic E-state index is 0.649. The predicted molar refractivity (Wildman–Crippen MR) is 99.4 cm³/mol. The summed E-state index contributed by atoms with van der Waals surface area (Å²) in [5.74, 6) is 0. The molecule has 3 nitrogen and oxygen atoms in total. The van der Waals surface area contributed by atoms with Gasteiger partial charge in [0.2, 0.25) is 0 Å². The van der Waals surface area contributed by atoms with Crippen LogP contribution in [0.3, 0.4) is 0 Å². The number of imidazole rings is 1. The molecule has 0 amide bonds. The molecule has 24 heavy (non-hydrogen) atoms. The number of nitriles is 1. The first kappa shape index (κ1) is 14.8. The van der Waals surface area contributed by atoms with E-state index >= 15 is 0 Å². The van der Waals surface area contributed by atoms with Gasteiger partial charge in [-0.1, -0.05) is 42.5 Å².